The van der Waals surface area contributed by atoms with Gasteiger partial charge in [-0.05, 0) is 101 Å². The molecule has 6 rings (SSSR count). The number of primary amides is 1. The van der Waals surface area contributed by atoms with Crippen molar-refractivity contribution in [1.29, 1.82) is 0 Å². The van der Waals surface area contributed by atoms with E-state index in [0.29, 0.717) is 70.1 Å². The topological polar surface area (TPSA) is 308 Å². The Balaban J connectivity index is 1.20. The highest BCUT2D eigenvalue weighted by Crippen LogP contribution is 2.49. The van der Waals surface area contributed by atoms with E-state index in [1.54, 1.807) is 51.2 Å². The van der Waals surface area contributed by atoms with E-state index in [-0.39, 0.29) is 74.2 Å². The van der Waals surface area contributed by atoms with Crippen molar-refractivity contribution in [1.82, 2.24) is 31.2 Å². The number of halogens is 3. The SMILES string of the molecule is CO[C@@H]1/C=C/C=C(\C)Cc2cc(C)c(Cl)c(c2)N(C)C(=O)C[C@H](OC(=O)[C@H](C)N(C)C(=O)c2ccc(CC(=O)[C@H](CCCNC(N)=O)NC(=O)[C@@H](CC(=O)CCCCCNC(=O)C(CBr)CBr)C(C)C)c3ncccc23)[C@]2(C)O[C@H]2[C@H](C)[C@@H]2C[C@@]1(O)NC(=O)O2. The average molecular weight is 1400 g/mol. The molecule has 7 N–H and O–H groups in total. The van der Waals surface area contributed by atoms with E-state index in [1.807, 2.05) is 45.9 Å². The maximum Gasteiger partial charge on any atom is 0.409 e. The molecule has 0 spiro atoms. The fraction of sp³-hybridized carbons (Fsp3) is 0.569. The van der Waals surface area contributed by atoms with Gasteiger partial charge in [0.1, 0.15) is 35.7 Å². The van der Waals surface area contributed by atoms with Crippen LogP contribution < -0.4 is 31.9 Å². The number of amides is 7. The van der Waals surface area contributed by atoms with Gasteiger partial charge in [0.25, 0.3) is 5.91 Å². The lowest BCUT2D eigenvalue weighted by Crippen LogP contribution is -2.63. The summed E-state index contributed by atoms with van der Waals surface area (Å²) in [5.41, 5.74) is 5.87. The number of fused-ring (bicyclic) bond motifs is 6. The zero-order valence-electron chi connectivity index (χ0n) is 53.0. The van der Waals surface area contributed by atoms with E-state index in [0.717, 1.165) is 16.7 Å². The van der Waals surface area contributed by atoms with Gasteiger partial charge < -0.3 is 55.5 Å². The Kier molecular flexibility index (Phi) is 26.5. The van der Waals surface area contributed by atoms with Crippen LogP contribution in [-0.4, -0.2) is 161 Å². The molecule has 0 aliphatic carbocycles. The van der Waals surface area contributed by atoms with Crippen LogP contribution in [0.15, 0.2) is 66.4 Å². The van der Waals surface area contributed by atoms with E-state index in [9.17, 15) is 48.3 Å². The number of hydrogen-bond donors (Lipinski definition) is 6. The third kappa shape index (κ3) is 18.7. The van der Waals surface area contributed by atoms with E-state index in [1.165, 1.54) is 43.1 Å². The number of likely N-dealkylation sites (N-methyl/N-ethyl adjacent to an activating group) is 1. The van der Waals surface area contributed by atoms with Crippen molar-refractivity contribution in [2.45, 2.75) is 167 Å². The van der Waals surface area contributed by atoms with Crippen LogP contribution in [0.2, 0.25) is 5.02 Å². The lowest BCUT2D eigenvalue weighted by atomic mass is 9.83. The van der Waals surface area contributed by atoms with Gasteiger partial charge >= 0.3 is 18.1 Å². The Labute approximate surface area is 548 Å². The van der Waals surface area contributed by atoms with Crippen molar-refractivity contribution in [3.63, 3.8) is 0 Å². The van der Waals surface area contributed by atoms with Gasteiger partial charge in [-0.25, -0.2) is 14.4 Å². The second-order valence-corrected chi connectivity index (χ2v) is 26.1. The van der Waals surface area contributed by atoms with Crippen LogP contribution in [0.4, 0.5) is 15.3 Å². The van der Waals surface area contributed by atoms with E-state index < -0.39 is 108 Å². The molecule has 0 radical (unpaired) electrons. The number of nitrogens with zero attached hydrogens (tertiary/aromatic N) is 3. The third-order valence-corrected chi connectivity index (χ3v) is 19.4. The van der Waals surface area contributed by atoms with Crippen LogP contribution in [0.25, 0.3) is 10.9 Å². The predicted octanol–water partition coefficient (Wildman–Crippen LogP) is 8.04. The molecule has 0 saturated carbocycles. The molecule has 2 aromatic carbocycles. The van der Waals surface area contributed by atoms with Crippen LogP contribution in [0.1, 0.15) is 126 Å². The second-order valence-electron chi connectivity index (χ2n) is 24.4. The van der Waals surface area contributed by atoms with Crippen LogP contribution >= 0.6 is 43.5 Å². The second kappa shape index (κ2) is 32.8. The standard InChI is InChI=1S/C65H87Br2ClN8O14/c1-36(2)47(31-44(77)18-12-11-13-24-71-58(80)43(34-66)35-67)59(81)73-48(20-16-26-72-62(69)84)50(78)30-42-22-23-46(45-19-15-25-70-56(42)45)60(82)75(8)40(6)61(83)89-53-32-54(79)76(9)49-29-41(28-38(4)55(49)68)27-37(3)17-14-21-52(87-10)65(86)33-51(88-63(85)74-65)39(5)57-64(53,7)90-57/h14-15,17,19,21-23,25,28-29,36,39-40,43,47-48,51-53,57,86H,11-13,16,18,20,24,26-27,30-35H2,1-10H3,(H,71,80)(H,73,81)(H,74,85)(H3,69,72,84)/b21-14+,37-17+/t39-,40+,47+,48+,51+,52-,53+,57+,64+,65+/m1/s1. The summed E-state index contributed by atoms with van der Waals surface area (Å²) in [6.45, 7) is 13.0. The molecular weight excluding hydrogens is 1310 g/mol. The number of rotatable bonds is 26. The number of pyridine rings is 1. The minimum atomic E-state index is -1.90. The molecule has 25 heteroatoms. The number of ether oxygens (including phenoxy) is 4. The highest BCUT2D eigenvalue weighted by molar-refractivity contribution is 9.09. The van der Waals surface area contributed by atoms with Crippen LogP contribution in [0.3, 0.4) is 0 Å². The van der Waals surface area contributed by atoms with E-state index in [2.05, 4.69) is 58.1 Å². The first kappa shape index (κ1) is 72.7. The Hall–Kier alpha value is -6.31. The molecular formula is C65H87Br2ClN8O14. The van der Waals surface area contributed by atoms with Gasteiger partial charge in [0.15, 0.2) is 11.5 Å². The number of unbranched alkanes of at least 4 members (excludes halogenated alkanes) is 2. The summed E-state index contributed by atoms with van der Waals surface area (Å²) in [7, 11) is 4.42. The van der Waals surface area contributed by atoms with Gasteiger partial charge in [0.2, 0.25) is 17.7 Å². The summed E-state index contributed by atoms with van der Waals surface area (Å²) in [5.74, 6) is -4.80. The number of nitrogens with two attached hydrogens (primary N) is 1. The summed E-state index contributed by atoms with van der Waals surface area (Å²) < 4.78 is 24.2. The fourth-order valence-corrected chi connectivity index (χ4v) is 13.4. The first-order valence-electron chi connectivity index (χ1n) is 30.5. The molecule has 4 heterocycles. The molecule has 3 aliphatic heterocycles. The molecule has 10 atom stereocenters. The lowest BCUT2D eigenvalue weighted by Gasteiger charge is -2.42. The van der Waals surface area contributed by atoms with Gasteiger partial charge in [0.05, 0.1) is 40.7 Å². The van der Waals surface area contributed by atoms with Crippen molar-refractivity contribution in [3.8, 4) is 0 Å². The molecule has 4 bridgehead atoms. The maximum atomic E-state index is 14.7. The molecule has 7 amide bonds. The van der Waals surface area contributed by atoms with Gasteiger partial charge in [0, 0.05) is 99.6 Å². The highest BCUT2D eigenvalue weighted by atomic mass is 79.9. The number of epoxide rings is 1. The fourth-order valence-electron chi connectivity index (χ4n) is 11.5. The number of alkyl carbamates (subject to hydrolysis) is 1. The lowest BCUT2D eigenvalue weighted by molar-refractivity contribution is -0.158. The molecule has 0 unspecified atom stereocenters. The van der Waals surface area contributed by atoms with Crippen LogP contribution in [0.5, 0.6) is 0 Å². The number of aryl methyl sites for hydroxylation is 1. The minimum Gasteiger partial charge on any atom is -0.457 e. The molecule has 1 aromatic heterocycles. The molecule has 492 valence electrons. The summed E-state index contributed by atoms with van der Waals surface area (Å²) in [4.78, 5) is 130. The first-order valence-corrected chi connectivity index (χ1v) is 33.1. The molecule has 2 saturated heterocycles. The number of esters is 1. The number of anilines is 1. The molecule has 22 nitrogen and oxygen atoms in total. The first-order chi connectivity index (χ1) is 42.6. The summed E-state index contributed by atoms with van der Waals surface area (Å²) >= 11 is 13.6. The monoisotopic (exact) mass is 1400 g/mol. The maximum absolute atomic E-state index is 14.7. The third-order valence-electron chi connectivity index (χ3n) is 17.3. The number of carbonyl (C=O) groups is 9. The zero-order chi connectivity index (χ0) is 66.4. The molecule has 90 heavy (non-hydrogen) atoms. The van der Waals surface area contributed by atoms with E-state index >= 15 is 0 Å². The number of methoxy groups -OCH3 is 1. The van der Waals surface area contributed by atoms with Crippen molar-refractivity contribution in [2.75, 3.05) is 49.9 Å². The summed E-state index contributed by atoms with van der Waals surface area (Å²) in [6.07, 6.45) is 4.17. The number of alkyl halides is 2. The number of urea groups is 1. The number of benzene rings is 2. The predicted molar refractivity (Wildman–Crippen MR) is 348 cm³/mol. The number of allylic oxidation sites excluding steroid dienone is 3. The number of hydrogen-bond acceptors (Lipinski definition) is 15. The number of aromatic nitrogens is 1. The zero-order valence-corrected chi connectivity index (χ0v) is 56.9. The van der Waals surface area contributed by atoms with Gasteiger partial charge in [-0.3, -0.25) is 39.1 Å². The Morgan fingerprint density at radius 3 is 2.39 bits per heavy atom. The van der Waals surface area contributed by atoms with Gasteiger partial charge in [-0.15, -0.1) is 0 Å². The van der Waals surface area contributed by atoms with Crippen molar-refractivity contribution < 1.29 is 67.2 Å². The molecule has 2 fully saturated rings. The van der Waals surface area contributed by atoms with Gasteiger partial charge in [-0.2, -0.15) is 0 Å². The molecule has 3 aliphatic rings. The van der Waals surface area contributed by atoms with Crippen LogP contribution in [0, 0.1) is 30.6 Å². The van der Waals surface area contributed by atoms with Crippen molar-refractivity contribution >= 4 is 113 Å². The smallest absolute Gasteiger partial charge is 0.409 e. The summed E-state index contributed by atoms with van der Waals surface area (Å²) in [6, 6.07) is 7.08. The highest BCUT2D eigenvalue weighted by Gasteiger charge is 2.64. The largest absolute Gasteiger partial charge is 0.457 e. The minimum absolute atomic E-state index is 0.0359. The number of carbonyl (C=O) groups excluding carboxylic acids is 9. The Morgan fingerprint density at radius 1 is 1.00 bits per heavy atom. The number of ketones is 2. The Bertz CT molecular complexity index is 3200. The van der Waals surface area contributed by atoms with Crippen LogP contribution in [-0.2, 0) is 60.6 Å². The normalized spacial score (nSPS) is 23.8. The quantitative estimate of drug-likeness (QED) is 0.0192. The van der Waals surface area contributed by atoms with Crippen molar-refractivity contribution in [3.05, 3.63) is 93.7 Å². The number of aliphatic hydroxyl groups is 1. The van der Waals surface area contributed by atoms with E-state index in [4.69, 9.17) is 36.3 Å². The number of Topliss-reactive ketones (excluding diaryl/α,β-unsaturated/α-hetero) is 2. The molecule has 3 aromatic rings. The summed E-state index contributed by atoms with van der Waals surface area (Å²) in [5, 5.41) is 24.6. The van der Waals surface area contributed by atoms with Crippen molar-refractivity contribution in [2.24, 2.45) is 29.4 Å². The average Bonchev–Trinajstić information content (AvgIpc) is 1.63. The Morgan fingerprint density at radius 2 is 1.71 bits per heavy atom. The van der Waals surface area contributed by atoms with Gasteiger partial charge in [-0.1, -0.05) is 113 Å². The number of nitrogens with one attached hydrogen (secondary N) is 4.